The van der Waals surface area contributed by atoms with Crippen LogP contribution in [0.5, 0.6) is 5.75 Å². The first-order chi connectivity index (χ1) is 18.0. The normalized spacial score (nSPS) is 19.7. The molecule has 0 spiro atoms. The Morgan fingerprint density at radius 2 is 1.71 bits per heavy atom. The van der Waals surface area contributed by atoms with E-state index in [2.05, 4.69) is 13.8 Å². The predicted octanol–water partition coefficient (Wildman–Crippen LogP) is 3.52. The molecule has 2 fully saturated rings. The Bertz CT molecular complexity index is 1000. The number of likely N-dealkylation sites (tertiary alicyclic amines) is 1. The Labute approximate surface area is 226 Å². The van der Waals surface area contributed by atoms with Crippen LogP contribution < -0.4 is 4.74 Å². The molecule has 9 heteroatoms. The van der Waals surface area contributed by atoms with Gasteiger partial charge in [-0.1, -0.05) is 33.8 Å². The summed E-state index contributed by atoms with van der Waals surface area (Å²) in [6, 6.07) is 5.41. The molecule has 2 heterocycles. The fourth-order valence-electron chi connectivity index (χ4n) is 5.44. The van der Waals surface area contributed by atoms with Gasteiger partial charge in [0.1, 0.15) is 17.8 Å². The Hall–Kier alpha value is -3.10. The maximum absolute atomic E-state index is 13.8. The molecule has 3 rings (SSSR count). The molecule has 1 aromatic carbocycles. The number of carboxylic acids is 1. The number of carboxylic acid groups (broad SMARTS) is 1. The van der Waals surface area contributed by atoms with Gasteiger partial charge in [0, 0.05) is 33.1 Å². The summed E-state index contributed by atoms with van der Waals surface area (Å²) in [6.07, 6.45) is 2.72. The SMILES string of the molecule is CC(=O)N1CCN([C@@H](CC(C)C)C(=O)N2CCC(COc3cccc(C(=O)O)c3)CC2)C(=O)[C@@H]1CC(C)C. The zero-order chi connectivity index (χ0) is 28.0. The van der Waals surface area contributed by atoms with Crippen LogP contribution in [0, 0.1) is 17.8 Å². The molecule has 0 unspecified atom stereocenters. The fourth-order valence-corrected chi connectivity index (χ4v) is 5.44. The first-order valence-electron chi connectivity index (χ1n) is 13.8. The average Bonchev–Trinajstić information content (AvgIpc) is 2.87. The second kappa shape index (κ2) is 13.1. The molecule has 2 saturated heterocycles. The molecule has 0 bridgehead atoms. The van der Waals surface area contributed by atoms with E-state index in [9.17, 15) is 24.3 Å². The number of hydrogen-bond donors (Lipinski definition) is 1. The van der Waals surface area contributed by atoms with Crippen molar-refractivity contribution in [3.05, 3.63) is 29.8 Å². The number of nitrogens with zero attached hydrogens (tertiary/aromatic N) is 3. The third-order valence-corrected chi connectivity index (χ3v) is 7.47. The second-order valence-electron chi connectivity index (χ2n) is 11.4. The molecule has 0 saturated carbocycles. The lowest BCUT2D eigenvalue weighted by Crippen LogP contribution is -2.63. The van der Waals surface area contributed by atoms with Gasteiger partial charge >= 0.3 is 5.97 Å². The molecule has 2 atom stereocenters. The van der Waals surface area contributed by atoms with Crippen molar-refractivity contribution in [2.45, 2.75) is 72.4 Å². The Morgan fingerprint density at radius 1 is 1.03 bits per heavy atom. The van der Waals surface area contributed by atoms with Crippen LogP contribution in [0.3, 0.4) is 0 Å². The van der Waals surface area contributed by atoms with Crippen LogP contribution in [0.2, 0.25) is 0 Å². The maximum atomic E-state index is 13.8. The molecule has 38 heavy (non-hydrogen) atoms. The highest BCUT2D eigenvalue weighted by molar-refractivity contribution is 5.93. The van der Waals surface area contributed by atoms with Gasteiger partial charge in [-0.2, -0.15) is 0 Å². The summed E-state index contributed by atoms with van der Waals surface area (Å²) in [7, 11) is 0. The molecular formula is C29H43N3O6. The van der Waals surface area contributed by atoms with Crippen LogP contribution in [0.15, 0.2) is 24.3 Å². The van der Waals surface area contributed by atoms with E-state index in [1.54, 1.807) is 21.9 Å². The van der Waals surface area contributed by atoms with Crippen molar-refractivity contribution in [1.82, 2.24) is 14.7 Å². The largest absolute Gasteiger partial charge is 0.493 e. The minimum Gasteiger partial charge on any atom is -0.493 e. The fraction of sp³-hybridized carbons (Fsp3) is 0.655. The van der Waals surface area contributed by atoms with E-state index in [-0.39, 0.29) is 41.0 Å². The van der Waals surface area contributed by atoms with Crippen molar-refractivity contribution in [3.63, 3.8) is 0 Å². The second-order valence-corrected chi connectivity index (χ2v) is 11.4. The lowest BCUT2D eigenvalue weighted by atomic mass is 9.93. The lowest BCUT2D eigenvalue weighted by Gasteiger charge is -2.45. The molecule has 9 nitrogen and oxygen atoms in total. The van der Waals surface area contributed by atoms with Crippen LogP contribution in [0.4, 0.5) is 0 Å². The van der Waals surface area contributed by atoms with Crippen LogP contribution >= 0.6 is 0 Å². The minimum absolute atomic E-state index is 0.0138. The third kappa shape index (κ3) is 7.48. The van der Waals surface area contributed by atoms with E-state index in [0.29, 0.717) is 51.4 Å². The number of aromatic carboxylic acids is 1. The molecule has 1 aromatic rings. The topological polar surface area (TPSA) is 107 Å². The Kier molecular flexibility index (Phi) is 10.2. The number of carbonyl (C=O) groups is 4. The number of benzene rings is 1. The molecule has 2 aliphatic rings. The summed E-state index contributed by atoms with van der Waals surface area (Å²) in [5.41, 5.74) is 0.188. The molecule has 0 radical (unpaired) electrons. The lowest BCUT2D eigenvalue weighted by molar-refractivity contribution is -0.159. The van der Waals surface area contributed by atoms with E-state index < -0.39 is 18.1 Å². The first kappa shape index (κ1) is 29.5. The Balaban J connectivity index is 1.63. The van der Waals surface area contributed by atoms with E-state index >= 15 is 0 Å². The van der Waals surface area contributed by atoms with Gasteiger partial charge in [-0.05, 0) is 61.6 Å². The van der Waals surface area contributed by atoms with Gasteiger partial charge in [0.15, 0.2) is 0 Å². The summed E-state index contributed by atoms with van der Waals surface area (Å²) in [5, 5.41) is 9.17. The van der Waals surface area contributed by atoms with Gasteiger partial charge in [0.05, 0.1) is 12.2 Å². The van der Waals surface area contributed by atoms with Crippen molar-refractivity contribution >= 4 is 23.7 Å². The molecular weight excluding hydrogens is 486 g/mol. The Morgan fingerprint density at radius 3 is 2.29 bits per heavy atom. The van der Waals surface area contributed by atoms with Crippen molar-refractivity contribution < 1.29 is 29.0 Å². The monoisotopic (exact) mass is 529 g/mol. The standard InChI is InChI=1S/C29H43N3O6/c1-19(2)15-25(32-14-13-31(21(5)33)26(28(32)35)16-20(3)4)27(34)30-11-9-22(10-12-30)18-38-24-8-6-7-23(17-24)29(36)37/h6-8,17,19-20,22,25-26H,9-16,18H2,1-5H3,(H,36,37)/t25-,26-/m0/s1. The van der Waals surface area contributed by atoms with E-state index in [1.807, 2.05) is 18.7 Å². The number of hydrogen-bond acceptors (Lipinski definition) is 5. The molecule has 1 N–H and O–H groups in total. The summed E-state index contributed by atoms with van der Waals surface area (Å²) in [4.78, 5) is 56.1. The highest BCUT2D eigenvalue weighted by Gasteiger charge is 2.42. The number of amides is 3. The van der Waals surface area contributed by atoms with Gasteiger partial charge in [-0.25, -0.2) is 4.79 Å². The van der Waals surface area contributed by atoms with Crippen LogP contribution in [0.1, 0.15) is 70.7 Å². The zero-order valence-electron chi connectivity index (χ0n) is 23.4. The quantitative estimate of drug-likeness (QED) is 0.497. The third-order valence-electron chi connectivity index (χ3n) is 7.47. The van der Waals surface area contributed by atoms with E-state index in [0.717, 1.165) is 12.8 Å². The highest BCUT2D eigenvalue weighted by Crippen LogP contribution is 2.26. The summed E-state index contributed by atoms with van der Waals surface area (Å²) < 4.78 is 5.86. The van der Waals surface area contributed by atoms with Gasteiger partial charge in [0.25, 0.3) is 0 Å². The van der Waals surface area contributed by atoms with Gasteiger partial charge in [-0.3, -0.25) is 14.4 Å². The van der Waals surface area contributed by atoms with Gasteiger partial charge < -0.3 is 24.5 Å². The summed E-state index contributed by atoms with van der Waals surface area (Å²) in [6.45, 7) is 12.2. The number of rotatable bonds is 10. The van der Waals surface area contributed by atoms with E-state index in [4.69, 9.17) is 4.74 Å². The number of ether oxygens (including phenoxy) is 1. The number of carbonyl (C=O) groups excluding carboxylic acids is 3. The molecule has 0 aliphatic carbocycles. The van der Waals surface area contributed by atoms with Crippen LogP contribution in [-0.2, 0) is 14.4 Å². The smallest absolute Gasteiger partial charge is 0.335 e. The number of piperazine rings is 1. The predicted molar refractivity (Wildman–Crippen MR) is 144 cm³/mol. The average molecular weight is 530 g/mol. The maximum Gasteiger partial charge on any atom is 0.335 e. The minimum atomic E-state index is -0.991. The van der Waals surface area contributed by atoms with Crippen molar-refractivity contribution in [2.75, 3.05) is 32.8 Å². The molecule has 0 aromatic heterocycles. The van der Waals surface area contributed by atoms with Crippen molar-refractivity contribution in [3.8, 4) is 5.75 Å². The van der Waals surface area contributed by atoms with Gasteiger partial charge in [-0.15, -0.1) is 0 Å². The van der Waals surface area contributed by atoms with E-state index in [1.165, 1.54) is 19.1 Å². The molecule has 2 aliphatic heterocycles. The highest BCUT2D eigenvalue weighted by atomic mass is 16.5. The molecule has 3 amide bonds. The first-order valence-corrected chi connectivity index (χ1v) is 13.8. The number of piperidine rings is 1. The van der Waals surface area contributed by atoms with Crippen LogP contribution in [0.25, 0.3) is 0 Å². The van der Waals surface area contributed by atoms with Crippen molar-refractivity contribution in [2.24, 2.45) is 17.8 Å². The van der Waals surface area contributed by atoms with Crippen LogP contribution in [-0.4, -0.2) is 88.4 Å². The zero-order valence-corrected chi connectivity index (χ0v) is 23.4. The summed E-state index contributed by atoms with van der Waals surface area (Å²) >= 11 is 0. The van der Waals surface area contributed by atoms with Crippen molar-refractivity contribution in [1.29, 1.82) is 0 Å². The van der Waals surface area contributed by atoms with Gasteiger partial charge in [0.2, 0.25) is 17.7 Å². The molecule has 210 valence electrons. The summed E-state index contributed by atoms with van der Waals surface area (Å²) in [5.74, 6) is 0.0405.